The maximum Gasteiger partial charge on any atom is 0.246 e. The van der Waals surface area contributed by atoms with E-state index in [0.717, 1.165) is 44.8 Å². The summed E-state index contributed by atoms with van der Waals surface area (Å²) in [6.45, 7) is 10.8. The van der Waals surface area contributed by atoms with E-state index in [4.69, 9.17) is 14.2 Å². The van der Waals surface area contributed by atoms with Crippen LogP contribution in [0.5, 0.6) is 0 Å². The van der Waals surface area contributed by atoms with E-state index in [1.807, 2.05) is 6.20 Å². The van der Waals surface area contributed by atoms with Gasteiger partial charge in [0.05, 0.1) is 43.5 Å². The number of fused-ring (bicyclic) bond motifs is 1. The Morgan fingerprint density at radius 2 is 1.64 bits per heavy atom. The molecule has 0 aromatic carbocycles. The predicted octanol–water partition coefficient (Wildman–Crippen LogP) is 0.401. The minimum atomic E-state index is -0.738. The Bertz CT molecular complexity index is 1090. The summed E-state index contributed by atoms with van der Waals surface area (Å²) in [6.07, 6.45) is 5.90. The highest BCUT2D eigenvalue weighted by atomic mass is 16.5. The van der Waals surface area contributed by atoms with Gasteiger partial charge in [-0.1, -0.05) is 26.0 Å². The molecule has 42 heavy (non-hydrogen) atoms. The average molecular weight is 590 g/mol. The number of hydrogen-bond acceptors (Lipinski definition) is 9. The molecule has 0 unspecified atom stereocenters. The second-order valence-corrected chi connectivity index (χ2v) is 13.1. The summed E-state index contributed by atoms with van der Waals surface area (Å²) >= 11 is 0. The summed E-state index contributed by atoms with van der Waals surface area (Å²) in [4.78, 5) is 44.9. The zero-order chi connectivity index (χ0) is 29.7. The first-order chi connectivity index (χ1) is 20.2. The Morgan fingerprint density at radius 1 is 0.929 bits per heavy atom. The molecular weight excluding hydrogens is 542 g/mol. The molecule has 13 nitrogen and oxygen atoms in total. The van der Waals surface area contributed by atoms with Gasteiger partial charge in [0.1, 0.15) is 12.6 Å². The van der Waals surface area contributed by atoms with Crippen molar-refractivity contribution in [3.8, 4) is 0 Å². The van der Waals surface area contributed by atoms with Crippen LogP contribution in [0.1, 0.15) is 71.0 Å². The van der Waals surface area contributed by atoms with Crippen molar-refractivity contribution in [1.82, 2.24) is 35.4 Å². The third-order valence-corrected chi connectivity index (χ3v) is 9.08. The molecule has 234 valence electrons. The second-order valence-electron chi connectivity index (χ2n) is 13.1. The van der Waals surface area contributed by atoms with Crippen molar-refractivity contribution >= 4 is 17.7 Å². The van der Waals surface area contributed by atoms with E-state index in [1.165, 1.54) is 0 Å². The number of rotatable bonds is 2. The van der Waals surface area contributed by atoms with Crippen LogP contribution in [-0.2, 0) is 34.0 Å². The van der Waals surface area contributed by atoms with Gasteiger partial charge in [-0.3, -0.25) is 14.4 Å². The van der Waals surface area contributed by atoms with Crippen molar-refractivity contribution in [2.24, 2.45) is 0 Å². The normalized spacial score (nSPS) is 28.0. The van der Waals surface area contributed by atoms with E-state index < -0.39 is 11.6 Å². The van der Waals surface area contributed by atoms with Gasteiger partial charge in [0.2, 0.25) is 17.7 Å². The summed E-state index contributed by atoms with van der Waals surface area (Å²) < 4.78 is 18.4. The van der Waals surface area contributed by atoms with Crippen LogP contribution in [0.25, 0.3) is 0 Å². The first-order valence-corrected chi connectivity index (χ1v) is 15.4. The third kappa shape index (κ3) is 7.29. The monoisotopic (exact) mass is 589 g/mol. The number of piperidine rings is 1. The highest BCUT2D eigenvalue weighted by molar-refractivity contribution is 5.89. The van der Waals surface area contributed by atoms with Crippen LogP contribution >= 0.6 is 0 Å². The van der Waals surface area contributed by atoms with Crippen molar-refractivity contribution < 1.29 is 28.6 Å². The molecule has 5 rings (SSSR count). The first-order valence-electron chi connectivity index (χ1n) is 15.4. The Labute approximate surface area is 248 Å². The van der Waals surface area contributed by atoms with Crippen molar-refractivity contribution in [1.29, 1.82) is 0 Å². The van der Waals surface area contributed by atoms with Crippen LogP contribution in [-0.4, -0.2) is 126 Å². The van der Waals surface area contributed by atoms with Crippen LogP contribution in [0.4, 0.5) is 0 Å². The minimum absolute atomic E-state index is 0.0868. The minimum Gasteiger partial charge on any atom is -0.381 e. The van der Waals surface area contributed by atoms with Gasteiger partial charge in [-0.05, 0) is 32.1 Å². The molecular formula is C29H47N7O6. The molecule has 1 aromatic rings. The molecule has 5 heterocycles. The van der Waals surface area contributed by atoms with Gasteiger partial charge in [-0.15, -0.1) is 5.10 Å². The zero-order valence-corrected chi connectivity index (χ0v) is 25.3. The van der Waals surface area contributed by atoms with Crippen molar-refractivity contribution in [2.45, 2.75) is 88.4 Å². The van der Waals surface area contributed by atoms with E-state index in [-0.39, 0.29) is 48.8 Å². The van der Waals surface area contributed by atoms with Crippen LogP contribution in [0.15, 0.2) is 6.20 Å². The van der Waals surface area contributed by atoms with Gasteiger partial charge in [0, 0.05) is 57.0 Å². The standard InChI is InChI=1S/C29H47N7O6/c1-28(2,3)23-19-36(33-32-23)22-4-10-35-25(38)18-29(7-11-34(12-8-29)21-5-13-40-14-6-21)31-24(37)20-42-17-16-41-15-9-30-27(39)26(22)35/h19,21-22,26H,4-18,20H2,1-3H3,(H,30,39)(H,31,37)/t22-,26+/m1/s1. The third-order valence-electron chi connectivity index (χ3n) is 9.08. The fraction of sp³-hybridized carbons (Fsp3) is 0.828. The lowest BCUT2D eigenvalue weighted by Crippen LogP contribution is -2.60. The summed E-state index contributed by atoms with van der Waals surface area (Å²) in [7, 11) is 0. The molecule has 4 aliphatic heterocycles. The van der Waals surface area contributed by atoms with Gasteiger partial charge >= 0.3 is 0 Å². The van der Waals surface area contributed by atoms with Crippen LogP contribution in [0.3, 0.4) is 0 Å². The number of likely N-dealkylation sites (tertiary alicyclic amines) is 1. The molecule has 0 saturated carbocycles. The molecule has 4 fully saturated rings. The Morgan fingerprint density at radius 3 is 2.36 bits per heavy atom. The number of carbonyl (C=O) groups excluding carboxylic acids is 3. The van der Waals surface area contributed by atoms with Gasteiger partial charge in [0.25, 0.3) is 0 Å². The molecule has 0 bridgehead atoms. The molecule has 0 aliphatic carbocycles. The number of amides is 3. The van der Waals surface area contributed by atoms with Crippen LogP contribution < -0.4 is 10.6 Å². The first kappa shape index (κ1) is 30.8. The number of ether oxygens (including phenoxy) is 3. The Kier molecular flexibility index (Phi) is 9.81. The van der Waals surface area contributed by atoms with Gasteiger partial charge in [-0.25, -0.2) is 4.68 Å². The van der Waals surface area contributed by atoms with E-state index >= 15 is 0 Å². The van der Waals surface area contributed by atoms with Crippen molar-refractivity contribution in [3.63, 3.8) is 0 Å². The second kappa shape index (κ2) is 13.4. The summed E-state index contributed by atoms with van der Waals surface area (Å²) in [5.74, 6) is -0.615. The van der Waals surface area contributed by atoms with Crippen LogP contribution in [0.2, 0.25) is 0 Å². The lowest BCUT2D eigenvalue weighted by atomic mass is 9.82. The number of nitrogens with zero attached hydrogens (tertiary/aromatic N) is 5. The van der Waals surface area contributed by atoms with Crippen molar-refractivity contribution in [3.05, 3.63) is 11.9 Å². The maximum absolute atomic E-state index is 14.1. The van der Waals surface area contributed by atoms with Crippen molar-refractivity contribution in [2.75, 3.05) is 65.8 Å². The number of nitrogens with one attached hydrogen (secondary N) is 2. The average Bonchev–Trinajstić information content (AvgIpc) is 3.63. The highest BCUT2D eigenvalue weighted by Gasteiger charge is 2.47. The zero-order valence-electron chi connectivity index (χ0n) is 25.3. The highest BCUT2D eigenvalue weighted by Crippen LogP contribution is 2.34. The molecule has 1 aromatic heterocycles. The smallest absolute Gasteiger partial charge is 0.246 e. The van der Waals surface area contributed by atoms with E-state index in [1.54, 1.807) is 9.58 Å². The molecule has 2 N–H and O–H groups in total. The molecule has 1 spiro atoms. The quantitative estimate of drug-likeness (QED) is 0.502. The van der Waals surface area contributed by atoms with Gasteiger partial charge < -0.3 is 34.6 Å². The summed E-state index contributed by atoms with van der Waals surface area (Å²) in [5.41, 5.74) is -0.0758. The van der Waals surface area contributed by atoms with Gasteiger partial charge in [0.15, 0.2) is 0 Å². The number of aromatic nitrogens is 3. The lowest BCUT2D eigenvalue weighted by Gasteiger charge is -2.46. The lowest BCUT2D eigenvalue weighted by molar-refractivity contribution is -0.142. The van der Waals surface area contributed by atoms with E-state index in [0.29, 0.717) is 51.6 Å². The van der Waals surface area contributed by atoms with Crippen LogP contribution in [0, 0.1) is 0 Å². The fourth-order valence-corrected chi connectivity index (χ4v) is 6.60. The fourth-order valence-electron chi connectivity index (χ4n) is 6.60. The summed E-state index contributed by atoms with van der Waals surface area (Å²) in [6, 6.07) is -0.616. The predicted molar refractivity (Wildman–Crippen MR) is 153 cm³/mol. The SMILES string of the molecule is CC(C)(C)c1cn([C@@H]2CCN3C(=O)CC4(CCN(C5CCOCC5)CC4)NC(=O)COCCOCCNC(=O)[C@H]23)nn1. The molecule has 2 atom stereocenters. The largest absolute Gasteiger partial charge is 0.381 e. The molecule has 0 radical (unpaired) electrons. The number of hydrogen-bond donors (Lipinski definition) is 2. The number of carbonyl (C=O) groups is 3. The van der Waals surface area contributed by atoms with E-state index in [9.17, 15) is 14.4 Å². The molecule has 3 amide bonds. The van der Waals surface area contributed by atoms with Gasteiger partial charge in [-0.2, -0.15) is 0 Å². The maximum atomic E-state index is 14.1. The molecule has 4 aliphatic rings. The Hall–Kier alpha value is -2.61. The topological polar surface area (TPSA) is 140 Å². The molecule has 4 saturated heterocycles. The molecule has 13 heteroatoms. The van der Waals surface area contributed by atoms with E-state index in [2.05, 4.69) is 46.6 Å². The Balaban J connectivity index is 1.37. The summed E-state index contributed by atoms with van der Waals surface area (Å²) in [5, 5.41) is 14.9.